The Morgan fingerprint density at radius 2 is 2.08 bits per heavy atom. The molecule has 0 amide bonds. The van der Waals surface area contributed by atoms with Crippen LogP contribution in [0, 0.1) is 0 Å². The Hall–Kier alpha value is -1.32. The Kier molecular flexibility index (Phi) is 5.69. The molecule has 0 rings (SSSR count). The highest BCUT2D eigenvalue weighted by atomic mass is 16.5. The van der Waals surface area contributed by atoms with Gasteiger partial charge in [-0.3, -0.25) is 9.59 Å². The molecule has 0 radical (unpaired) electrons. The highest BCUT2D eigenvalue weighted by Crippen LogP contribution is 1.90. The third-order valence-corrected chi connectivity index (χ3v) is 1.07. The van der Waals surface area contributed by atoms with E-state index < -0.39 is 5.97 Å². The van der Waals surface area contributed by atoms with Crippen molar-refractivity contribution in [3.05, 3.63) is 12.2 Å². The zero-order valence-electron chi connectivity index (χ0n) is 6.95. The lowest BCUT2D eigenvalue weighted by Crippen LogP contribution is -1.97. The van der Waals surface area contributed by atoms with Gasteiger partial charge in [0.25, 0.3) is 0 Å². The van der Waals surface area contributed by atoms with Gasteiger partial charge in [-0.25, -0.2) is 0 Å². The summed E-state index contributed by atoms with van der Waals surface area (Å²) in [7, 11) is 0. The molecule has 0 aromatic rings. The van der Waals surface area contributed by atoms with Crippen LogP contribution in [0.5, 0.6) is 0 Å². The summed E-state index contributed by atoms with van der Waals surface area (Å²) < 4.78 is 4.58. The molecule has 0 saturated heterocycles. The van der Waals surface area contributed by atoms with E-state index in [9.17, 15) is 9.59 Å². The molecule has 0 aliphatic rings. The van der Waals surface area contributed by atoms with Gasteiger partial charge in [0.1, 0.15) is 6.61 Å². The van der Waals surface area contributed by atoms with Crippen LogP contribution in [0.2, 0.25) is 0 Å². The molecule has 0 heterocycles. The predicted molar refractivity (Wildman–Crippen MR) is 42.6 cm³/mol. The molecule has 0 bridgehead atoms. The number of carboxylic acid groups (broad SMARTS) is 1. The van der Waals surface area contributed by atoms with Crippen LogP contribution >= 0.6 is 0 Å². The molecule has 0 unspecified atom stereocenters. The summed E-state index contributed by atoms with van der Waals surface area (Å²) in [5, 5.41) is 8.24. The molecule has 4 nitrogen and oxygen atoms in total. The van der Waals surface area contributed by atoms with E-state index in [0.29, 0.717) is 6.42 Å². The molecule has 4 heteroatoms. The van der Waals surface area contributed by atoms with Crippen molar-refractivity contribution in [2.75, 3.05) is 6.61 Å². The first kappa shape index (κ1) is 10.7. The van der Waals surface area contributed by atoms with Crippen LogP contribution < -0.4 is 0 Å². The van der Waals surface area contributed by atoms with Crippen LogP contribution in [-0.4, -0.2) is 23.7 Å². The predicted octanol–water partition coefficient (Wildman–Crippen LogP) is 0.970. The van der Waals surface area contributed by atoms with Crippen LogP contribution in [-0.2, 0) is 14.3 Å². The average Bonchev–Trinajstić information content (AvgIpc) is 1.95. The maximum atomic E-state index is 10.2. The number of carbonyl (C=O) groups excluding carboxylic acids is 1. The van der Waals surface area contributed by atoms with Gasteiger partial charge >= 0.3 is 11.9 Å². The number of aliphatic carboxylic acids is 1. The van der Waals surface area contributed by atoms with Gasteiger partial charge in [0.15, 0.2) is 0 Å². The lowest BCUT2D eigenvalue weighted by atomic mass is 10.3. The van der Waals surface area contributed by atoms with Crippen molar-refractivity contribution in [3.63, 3.8) is 0 Å². The largest absolute Gasteiger partial charge is 0.481 e. The zero-order valence-corrected chi connectivity index (χ0v) is 6.95. The number of ether oxygens (including phenoxy) is 1. The van der Waals surface area contributed by atoms with E-state index >= 15 is 0 Å². The molecule has 0 aliphatic heterocycles. The van der Waals surface area contributed by atoms with E-state index in [2.05, 4.69) is 4.74 Å². The highest BCUT2D eigenvalue weighted by molar-refractivity contribution is 5.67. The number of carboxylic acids is 1. The van der Waals surface area contributed by atoms with E-state index in [0.717, 1.165) is 0 Å². The molecule has 0 spiro atoms. The molecule has 68 valence electrons. The van der Waals surface area contributed by atoms with Crippen molar-refractivity contribution >= 4 is 11.9 Å². The topological polar surface area (TPSA) is 63.6 Å². The van der Waals surface area contributed by atoms with Crippen LogP contribution in [0.25, 0.3) is 0 Å². The quantitative estimate of drug-likeness (QED) is 0.495. The maximum Gasteiger partial charge on any atom is 0.303 e. The van der Waals surface area contributed by atoms with Crippen LogP contribution in [0.15, 0.2) is 12.2 Å². The van der Waals surface area contributed by atoms with Crippen LogP contribution in [0.1, 0.15) is 19.8 Å². The molecular weight excluding hydrogens is 160 g/mol. The second-order valence-corrected chi connectivity index (χ2v) is 2.21. The molecule has 1 N–H and O–H groups in total. The van der Waals surface area contributed by atoms with Crippen molar-refractivity contribution in [2.24, 2.45) is 0 Å². The standard InChI is InChI=1S/C8H12O4/c1-7(9)12-6-4-2-3-5-8(10)11/h2,4H,3,5-6H2,1H3,(H,10,11). The first-order chi connectivity index (χ1) is 5.63. The summed E-state index contributed by atoms with van der Waals surface area (Å²) in [6.07, 6.45) is 3.88. The SMILES string of the molecule is CC(=O)OCC=CCCC(=O)O. The number of esters is 1. The highest BCUT2D eigenvalue weighted by Gasteiger charge is 1.91. The second-order valence-electron chi connectivity index (χ2n) is 2.21. The third kappa shape index (κ3) is 8.68. The average molecular weight is 172 g/mol. The van der Waals surface area contributed by atoms with E-state index in [1.165, 1.54) is 6.92 Å². The van der Waals surface area contributed by atoms with Gasteiger partial charge < -0.3 is 9.84 Å². The minimum absolute atomic E-state index is 0.108. The van der Waals surface area contributed by atoms with Crippen LogP contribution in [0.4, 0.5) is 0 Å². The minimum atomic E-state index is -0.827. The number of carbonyl (C=O) groups is 2. The van der Waals surface area contributed by atoms with Gasteiger partial charge in [-0.2, -0.15) is 0 Å². The fourth-order valence-electron chi connectivity index (χ4n) is 0.558. The summed E-state index contributed by atoms with van der Waals surface area (Å²) in [5.41, 5.74) is 0. The van der Waals surface area contributed by atoms with Crippen molar-refractivity contribution in [3.8, 4) is 0 Å². The van der Waals surface area contributed by atoms with Crippen molar-refractivity contribution in [1.29, 1.82) is 0 Å². The van der Waals surface area contributed by atoms with Gasteiger partial charge in [-0.15, -0.1) is 0 Å². The first-order valence-electron chi connectivity index (χ1n) is 3.63. The summed E-state index contributed by atoms with van der Waals surface area (Å²) in [5.74, 6) is -1.16. The molecule has 0 aromatic heterocycles. The molecular formula is C8H12O4. The fraction of sp³-hybridized carbons (Fsp3) is 0.500. The Morgan fingerprint density at radius 3 is 2.58 bits per heavy atom. The van der Waals surface area contributed by atoms with E-state index in [1.807, 2.05) is 0 Å². The van der Waals surface area contributed by atoms with Gasteiger partial charge in [-0.05, 0) is 6.42 Å². The Bertz CT molecular complexity index is 163. The fourth-order valence-corrected chi connectivity index (χ4v) is 0.558. The van der Waals surface area contributed by atoms with Crippen LogP contribution in [0.3, 0.4) is 0 Å². The molecule has 0 atom stereocenters. The Balaban J connectivity index is 3.26. The van der Waals surface area contributed by atoms with Gasteiger partial charge in [0.05, 0.1) is 0 Å². The Morgan fingerprint density at radius 1 is 1.42 bits per heavy atom. The number of hydrogen-bond donors (Lipinski definition) is 1. The molecule has 12 heavy (non-hydrogen) atoms. The number of hydrogen-bond acceptors (Lipinski definition) is 3. The number of rotatable bonds is 5. The van der Waals surface area contributed by atoms with E-state index in [1.54, 1.807) is 12.2 Å². The van der Waals surface area contributed by atoms with Gasteiger partial charge in [0.2, 0.25) is 0 Å². The van der Waals surface area contributed by atoms with Gasteiger partial charge in [0, 0.05) is 13.3 Å². The molecule has 0 aromatic carbocycles. The van der Waals surface area contributed by atoms with Gasteiger partial charge in [-0.1, -0.05) is 12.2 Å². The zero-order chi connectivity index (χ0) is 9.40. The first-order valence-corrected chi connectivity index (χ1v) is 3.63. The number of allylic oxidation sites excluding steroid dienone is 1. The lowest BCUT2D eigenvalue weighted by Gasteiger charge is -1.93. The van der Waals surface area contributed by atoms with Crippen molar-refractivity contribution < 1.29 is 19.4 Å². The van der Waals surface area contributed by atoms with E-state index in [4.69, 9.17) is 5.11 Å². The smallest absolute Gasteiger partial charge is 0.303 e. The lowest BCUT2D eigenvalue weighted by molar-refractivity contribution is -0.140. The normalized spacial score (nSPS) is 10.1. The molecule has 0 fully saturated rings. The summed E-state index contributed by atoms with van der Waals surface area (Å²) in [4.78, 5) is 20.3. The summed E-state index contributed by atoms with van der Waals surface area (Å²) in [6.45, 7) is 1.54. The molecule has 0 saturated carbocycles. The maximum absolute atomic E-state index is 10.2. The molecule has 0 aliphatic carbocycles. The third-order valence-electron chi connectivity index (χ3n) is 1.07. The second kappa shape index (κ2) is 6.39. The summed E-state index contributed by atoms with van der Waals surface area (Å²) >= 11 is 0. The van der Waals surface area contributed by atoms with Crippen molar-refractivity contribution in [1.82, 2.24) is 0 Å². The Labute approximate surface area is 70.8 Å². The minimum Gasteiger partial charge on any atom is -0.481 e. The summed E-state index contributed by atoms with van der Waals surface area (Å²) in [6, 6.07) is 0. The van der Waals surface area contributed by atoms with E-state index in [-0.39, 0.29) is 19.0 Å². The van der Waals surface area contributed by atoms with Crippen molar-refractivity contribution in [2.45, 2.75) is 19.8 Å². The monoisotopic (exact) mass is 172 g/mol.